The lowest BCUT2D eigenvalue weighted by Crippen LogP contribution is -2.40. The fourth-order valence-electron chi connectivity index (χ4n) is 7.57. The number of aromatic amines is 2. The van der Waals surface area contributed by atoms with Gasteiger partial charge >= 0.3 is 11.4 Å². The molecule has 0 amide bonds. The van der Waals surface area contributed by atoms with Crippen molar-refractivity contribution in [2.24, 2.45) is 11.8 Å². The van der Waals surface area contributed by atoms with Gasteiger partial charge in [0.2, 0.25) is 0 Å². The number of nitrogens with one attached hydrogen (secondary N) is 2. The number of rotatable bonds is 11. The summed E-state index contributed by atoms with van der Waals surface area (Å²) >= 11 is 0. The minimum atomic E-state index is -1.92. The largest absolute Gasteiger partial charge is 0.497 e. The van der Waals surface area contributed by atoms with Crippen LogP contribution in [-0.2, 0) is 19.8 Å². The van der Waals surface area contributed by atoms with Crippen LogP contribution in [0.15, 0.2) is 123 Å². The summed E-state index contributed by atoms with van der Waals surface area (Å²) in [7, 11) is 3.21. The Morgan fingerprint density at radius 2 is 1.07 bits per heavy atom. The summed E-state index contributed by atoms with van der Waals surface area (Å²) < 4.78 is 62.1. The third kappa shape index (κ3) is 8.30. The molecule has 0 saturated carbocycles. The first-order chi connectivity index (χ1) is 28.1. The van der Waals surface area contributed by atoms with Crippen molar-refractivity contribution in [3.63, 3.8) is 0 Å². The summed E-state index contributed by atoms with van der Waals surface area (Å²) in [5, 5.41) is 9.11. The van der Waals surface area contributed by atoms with Crippen LogP contribution in [-0.4, -0.2) is 75.2 Å². The van der Waals surface area contributed by atoms with E-state index in [0.717, 1.165) is 31.9 Å². The maximum atomic E-state index is 16.2. The summed E-state index contributed by atoms with van der Waals surface area (Å²) in [6.45, 7) is 5.73. The van der Waals surface area contributed by atoms with Gasteiger partial charge < -0.3 is 28.8 Å². The zero-order valence-corrected chi connectivity index (χ0v) is 33.5. The number of aromatic nitrogens is 4. The topological polar surface area (TPSA) is 176 Å². The van der Waals surface area contributed by atoms with Crippen molar-refractivity contribution in [1.82, 2.24) is 19.1 Å². The van der Waals surface area contributed by atoms with Crippen molar-refractivity contribution < 1.29 is 37.6 Å². The van der Waals surface area contributed by atoms with Crippen LogP contribution in [0.4, 0.5) is 8.78 Å². The van der Waals surface area contributed by atoms with Crippen LogP contribution in [0.3, 0.4) is 0 Å². The van der Waals surface area contributed by atoms with Gasteiger partial charge in [-0.1, -0.05) is 68.4 Å². The Bertz CT molecular complexity index is 2380. The third-order valence-corrected chi connectivity index (χ3v) is 11.5. The molecule has 14 nitrogen and oxygen atoms in total. The van der Waals surface area contributed by atoms with Gasteiger partial charge in [-0.3, -0.25) is 28.7 Å². The molecule has 0 aliphatic carbocycles. The van der Waals surface area contributed by atoms with E-state index in [1.54, 1.807) is 28.1 Å². The van der Waals surface area contributed by atoms with Gasteiger partial charge in [-0.2, -0.15) is 0 Å². The molecule has 2 aliphatic rings. The van der Waals surface area contributed by atoms with E-state index in [1.165, 1.54) is 32.3 Å². The molecule has 8 atom stereocenters. The molecule has 2 aromatic heterocycles. The van der Waals surface area contributed by atoms with Gasteiger partial charge in [0.15, 0.2) is 23.8 Å². The van der Waals surface area contributed by atoms with E-state index in [-0.39, 0.29) is 13.2 Å². The van der Waals surface area contributed by atoms with Crippen molar-refractivity contribution in [3.8, 4) is 11.5 Å². The second-order valence-electron chi connectivity index (χ2n) is 15.0. The minimum Gasteiger partial charge on any atom is -0.497 e. The Morgan fingerprint density at radius 1 is 0.661 bits per heavy atom. The number of methoxy groups -OCH3 is 2. The molecule has 7 rings (SSSR count). The number of hydrogen-bond acceptors (Lipinski definition) is 10. The molecular formula is C43H48F2N4O10. The lowest BCUT2D eigenvalue weighted by Gasteiger charge is -2.37. The standard InChI is InChI=1S/C32H33FN2O6.C11H15FN2O4/c1-21-27(41-29(31(21,2)33)35-19-18-28(36)34-30(35)37)20-40-32(22-8-6-5-7-9-22,23-10-14-25(38-3)15-11-23)24-12-16-26(39-4)17-13-24;1-6-7(5-15)18-9(11(6,2)12)14-4-3-8(16)13-10(14)17/h5-19,21,27,29H,20H2,1-4H3,(H,34,36,37);3-4,6-7,9,15H,5H2,1-2H3,(H,13,16,17)/t21-,27-,29-,31-;6-,7-,9-,11-/m11/s1. The number of aliphatic hydroxyl groups is 1. The maximum absolute atomic E-state index is 16.2. The van der Waals surface area contributed by atoms with Crippen LogP contribution in [0.2, 0.25) is 0 Å². The number of halogens is 2. The second-order valence-corrected chi connectivity index (χ2v) is 15.0. The first-order valence-electron chi connectivity index (χ1n) is 19.0. The summed E-state index contributed by atoms with van der Waals surface area (Å²) in [6, 6.07) is 27.3. The number of benzene rings is 3. The van der Waals surface area contributed by atoms with E-state index >= 15 is 4.39 Å². The minimum absolute atomic E-state index is 0.00222. The number of nitrogens with zero attached hydrogens (tertiary/aromatic N) is 2. The molecule has 3 aromatic carbocycles. The molecule has 2 aliphatic heterocycles. The van der Waals surface area contributed by atoms with Crippen LogP contribution in [0.25, 0.3) is 0 Å². The average molecular weight is 819 g/mol. The van der Waals surface area contributed by atoms with Crippen molar-refractivity contribution in [2.45, 2.75) is 69.3 Å². The number of H-pyrrole nitrogens is 2. The highest BCUT2D eigenvalue weighted by Crippen LogP contribution is 2.48. The summed E-state index contributed by atoms with van der Waals surface area (Å²) in [5.41, 5.74) is -4.92. The molecule has 2 saturated heterocycles. The fraction of sp³-hybridized carbons (Fsp3) is 0.395. The monoisotopic (exact) mass is 818 g/mol. The molecular weight excluding hydrogens is 770 g/mol. The van der Waals surface area contributed by atoms with E-state index in [4.69, 9.17) is 28.8 Å². The molecule has 0 radical (unpaired) electrons. The van der Waals surface area contributed by atoms with Crippen LogP contribution in [0, 0.1) is 11.8 Å². The van der Waals surface area contributed by atoms with E-state index in [0.29, 0.717) is 11.5 Å². The zero-order valence-electron chi connectivity index (χ0n) is 33.5. The predicted octanol–water partition coefficient (Wildman–Crippen LogP) is 4.61. The molecule has 4 heterocycles. The van der Waals surface area contributed by atoms with Crippen LogP contribution >= 0.6 is 0 Å². The lowest BCUT2D eigenvalue weighted by molar-refractivity contribution is -0.0928. The van der Waals surface area contributed by atoms with E-state index in [9.17, 15) is 23.6 Å². The molecule has 0 unspecified atom stereocenters. The van der Waals surface area contributed by atoms with Gasteiger partial charge in [-0.25, -0.2) is 18.4 Å². The van der Waals surface area contributed by atoms with Gasteiger partial charge in [0.25, 0.3) is 11.1 Å². The quantitative estimate of drug-likeness (QED) is 0.160. The lowest BCUT2D eigenvalue weighted by atomic mass is 9.79. The normalized spacial score (nSPS) is 26.5. The van der Waals surface area contributed by atoms with Gasteiger partial charge in [-0.05, 0) is 54.8 Å². The van der Waals surface area contributed by atoms with Crippen LogP contribution in [0.1, 0.15) is 56.8 Å². The molecule has 3 N–H and O–H groups in total. The highest BCUT2D eigenvalue weighted by Gasteiger charge is 2.55. The fourth-order valence-corrected chi connectivity index (χ4v) is 7.57. The summed E-state index contributed by atoms with van der Waals surface area (Å²) in [6.07, 6.45) is -1.35. The second kappa shape index (κ2) is 17.3. The Kier molecular flexibility index (Phi) is 12.6. The van der Waals surface area contributed by atoms with Crippen molar-refractivity contribution >= 4 is 0 Å². The number of hydrogen-bond donors (Lipinski definition) is 3. The SMILES string of the molecule is COc1ccc(C(OC[C@H]2O[C@@H](n3ccc(=O)[nH]c3=O)[C@](C)(F)[C@@H]2C)(c2ccccc2)c2ccc(OC)cc2)cc1.C[C@@H]1[C@@H](CO)O[C@@H](n2ccc(=O)[nH]c2=O)[C@]1(C)F. The summed E-state index contributed by atoms with van der Waals surface area (Å²) in [4.78, 5) is 50.9. The predicted molar refractivity (Wildman–Crippen MR) is 213 cm³/mol. The van der Waals surface area contributed by atoms with Gasteiger partial charge in [0.1, 0.15) is 17.1 Å². The smallest absolute Gasteiger partial charge is 0.330 e. The number of alkyl halides is 2. The van der Waals surface area contributed by atoms with Crippen molar-refractivity contribution in [3.05, 3.63) is 162 Å². The Labute approximate surface area is 337 Å². The Morgan fingerprint density at radius 3 is 1.46 bits per heavy atom. The molecule has 59 heavy (non-hydrogen) atoms. The molecule has 2 fully saturated rings. The van der Waals surface area contributed by atoms with E-state index < -0.39 is 75.9 Å². The average Bonchev–Trinajstić information content (AvgIpc) is 3.60. The highest BCUT2D eigenvalue weighted by molar-refractivity contribution is 5.49. The first-order valence-corrected chi connectivity index (χ1v) is 19.0. The Balaban J connectivity index is 0.000000271. The number of ether oxygens (including phenoxy) is 5. The summed E-state index contributed by atoms with van der Waals surface area (Å²) in [5.74, 6) is 0.180. The van der Waals surface area contributed by atoms with Crippen molar-refractivity contribution in [1.29, 1.82) is 0 Å². The molecule has 0 bridgehead atoms. The molecule has 0 spiro atoms. The van der Waals surface area contributed by atoms with E-state index in [1.807, 2.05) is 83.8 Å². The van der Waals surface area contributed by atoms with Crippen LogP contribution in [0.5, 0.6) is 11.5 Å². The Hall–Kier alpha value is -5.68. The van der Waals surface area contributed by atoms with Crippen molar-refractivity contribution in [2.75, 3.05) is 27.4 Å². The molecule has 314 valence electrons. The van der Waals surface area contributed by atoms with E-state index in [2.05, 4.69) is 4.98 Å². The first kappa shape index (κ1) is 42.9. The van der Waals surface area contributed by atoms with Crippen LogP contribution < -0.4 is 32.0 Å². The zero-order chi connectivity index (χ0) is 42.7. The molecule has 16 heteroatoms. The van der Waals surface area contributed by atoms with Gasteiger partial charge in [-0.15, -0.1) is 0 Å². The van der Waals surface area contributed by atoms with Gasteiger partial charge in [0.05, 0.1) is 39.6 Å². The molecule has 5 aromatic rings. The van der Waals surface area contributed by atoms with Gasteiger partial charge in [0, 0.05) is 36.4 Å². The highest BCUT2D eigenvalue weighted by atomic mass is 19.1. The third-order valence-electron chi connectivity index (χ3n) is 11.5. The maximum Gasteiger partial charge on any atom is 0.330 e. The number of aliphatic hydroxyl groups excluding tert-OH is 1.